The van der Waals surface area contributed by atoms with Crippen LogP contribution in [-0.4, -0.2) is 19.0 Å². The second-order valence-corrected chi connectivity index (χ2v) is 10.7. The molecule has 4 rings (SSSR count). The first-order chi connectivity index (χ1) is 15.5. The van der Waals surface area contributed by atoms with Crippen LogP contribution in [-0.2, 0) is 10.8 Å². The van der Waals surface area contributed by atoms with E-state index in [-0.39, 0.29) is 10.8 Å². The first kappa shape index (κ1) is 23.3. The molecular formula is C29H36O4. The standard InChI is InChI=1S/C29H36O4/c1-9-11-30-23-15-21-25(13-19(23)3)32-29(17-27(21,5)6)18-28(7,8)22-16-24(31-12-10-2)20(4)14-26(22)33-29/h9-10,13-16H,1-2,11-12,17-18H2,3-8H3. The second kappa shape index (κ2) is 8.16. The Hall–Kier alpha value is -2.88. The number of hydrogen-bond acceptors (Lipinski definition) is 4. The largest absolute Gasteiger partial charge is 0.489 e. The maximum Gasteiger partial charge on any atom is 0.252 e. The van der Waals surface area contributed by atoms with E-state index in [9.17, 15) is 0 Å². The van der Waals surface area contributed by atoms with Crippen LogP contribution in [0.25, 0.3) is 0 Å². The van der Waals surface area contributed by atoms with Crippen molar-refractivity contribution < 1.29 is 18.9 Å². The molecule has 0 saturated carbocycles. The highest BCUT2D eigenvalue weighted by atomic mass is 16.7. The van der Waals surface area contributed by atoms with Gasteiger partial charge in [0.05, 0.1) is 0 Å². The van der Waals surface area contributed by atoms with Gasteiger partial charge in [0, 0.05) is 34.8 Å². The molecule has 0 saturated heterocycles. The summed E-state index contributed by atoms with van der Waals surface area (Å²) in [6, 6.07) is 8.41. The zero-order valence-corrected chi connectivity index (χ0v) is 20.8. The third-order valence-electron chi connectivity index (χ3n) is 6.74. The van der Waals surface area contributed by atoms with E-state index in [0.717, 1.165) is 58.1 Å². The molecule has 2 aliphatic heterocycles. The zero-order valence-electron chi connectivity index (χ0n) is 20.8. The van der Waals surface area contributed by atoms with E-state index in [1.165, 1.54) is 0 Å². The molecule has 0 N–H and O–H groups in total. The number of benzene rings is 2. The molecule has 0 fully saturated rings. The summed E-state index contributed by atoms with van der Waals surface area (Å²) < 4.78 is 25.2. The van der Waals surface area contributed by atoms with Crippen LogP contribution in [0.4, 0.5) is 0 Å². The molecule has 2 aliphatic rings. The molecule has 0 radical (unpaired) electrons. The van der Waals surface area contributed by atoms with Gasteiger partial charge in [-0.3, -0.25) is 0 Å². The highest BCUT2D eigenvalue weighted by Crippen LogP contribution is 2.55. The van der Waals surface area contributed by atoms with Crippen LogP contribution >= 0.6 is 0 Å². The highest BCUT2D eigenvalue weighted by Gasteiger charge is 2.53. The van der Waals surface area contributed by atoms with Gasteiger partial charge in [-0.2, -0.15) is 0 Å². The summed E-state index contributed by atoms with van der Waals surface area (Å²) in [6.07, 6.45) is 5.02. The molecule has 0 atom stereocenters. The first-order valence-electron chi connectivity index (χ1n) is 11.7. The Morgan fingerprint density at radius 3 is 1.52 bits per heavy atom. The second-order valence-electron chi connectivity index (χ2n) is 10.7. The zero-order chi connectivity index (χ0) is 24.0. The van der Waals surface area contributed by atoms with Crippen molar-refractivity contribution in [1.29, 1.82) is 0 Å². The van der Waals surface area contributed by atoms with E-state index in [1.807, 2.05) is 13.8 Å². The third-order valence-corrected chi connectivity index (χ3v) is 6.74. The quantitative estimate of drug-likeness (QED) is 0.448. The summed E-state index contributed by atoms with van der Waals surface area (Å²) in [5, 5.41) is 0. The Balaban J connectivity index is 1.74. The molecule has 0 aliphatic carbocycles. The van der Waals surface area contributed by atoms with Gasteiger partial charge in [0.25, 0.3) is 5.79 Å². The normalized spacial score (nSPS) is 18.8. The number of fused-ring (bicyclic) bond motifs is 2. The van der Waals surface area contributed by atoms with Crippen molar-refractivity contribution in [2.24, 2.45) is 0 Å². The smallest absolute Gasteiger partial charge is 0.252 e. The van der Waals surface area contributed by atoms with Crippen molar-refractivity contribution in [1.82, 2.24) is 0 Å². The van der Waals surface area contributed by atoms with Crippen molar-refractivity contribution in [2.45, 2.75) is 71.0 Å². The van der Waals surface area contributed by atoms with E-state index in [2.05, 4.69) is 65.1 Å². The Bertz CT molecular complexity index is 1010. The number of rotatable bonds is 6. The van der Waals surface area contributed by atoms with Gasteiger partial charge in [-0.15, -0.1) is 0 Å². The van der Waals surface area contributed by atoms with E-state index in [4.69, 9.17) is 18.9 Å². The molecule has 0 amide bonds. The molecule has 2 aromatic rings. The van der Waals surface area contributed by atoms with Crippen molar-refractivity contribution in [3.63, 3.8) is 0 Å². The SMILES string of the molecule is C=CCOc1cc2c(cc1C)OC1(CC2(C)C)CC(C)(C)c2cc(OCC=C)c(C)cc2O1. The lowest BCUT2D eigenvalue weighted by atomic mass is 9.69. The molecule has 0 aromatic heterocycles. The average molecular weight is 449 g/mol. The van der Waals surface area contributed by atoms with E-state index in [1.54, 1.807) is 12.2 Å². The summed E-state index contributed by atoms with van der Waals surface area (Å²) in [5.41, 5.74) is 4.08. The van der Waals surface area contributed by atoms with Gasteiger partial charge in [-0.05, 0) is 49.2 Å². The van der Waals surface area contributed by atoms with Crippen molar-refractivity contribution >= 4 is 0 Å². The Morgan fingerprint density at radius 1 is 0.758 bits per heavy atom. The van der Waals surface area contributed by atoms with Crippen LogP contribution in [0.15, 0.2) is 49.6 Å². The Kier molecular flexibility index (Phi) is 5.76. The fourth-order valence-corrected chi connectivity index (χ4v) is 5.32. The molecular weight excluding hydrogens is 412 g/mol. The van der Waals surface area contributed by atoms with Gasteiger partial charge in [-0.1, -0.05) is 53.0 Å². The van der Waals surface area contributed by atoms with Crippen LogP contribution < -0.4 is 18.9 Å². The molecule has 0 bridgehead atoms. The van der Waals surface area contributed by atoms with Crippen LogP contribution in [0, 0.1) is 13.8 Å². The van der Waals surface area contributed by atoms with E-state index >= 15 is 0 Å². The molecule has 4 heteroatoms. The van der Waals surface area contributed by atoms with Gasteiger partial charge in [0.15, 0.2) is 0 Å². The van der Waals surface area contributed by atoms with E-state index in [0.29, 0.717) is 13.2 Å². The minimum atomic E-state index is -0.737. The van der Waals surface area contributed by atoms with Gasteiger partial charge < -0.3 is 18.9 Å². The lowest BCUT2D eigenvalue weighted by molar-refractivity contribution is -0.166. The van der Waals surface area contributed by atoms with Gasteiger partial charge >= 0.3 is 0 Å². The molecule has 0 unspecified atom stereocenters. The predicted molar refractivity (Wildman–Crippen MR) is 133 cm³/mol. The fourth-order valence-electron chi connectivity index (χ4n) is 5.32. The molecule has 4 nitrogen and oxygen atoms in total. The van der Waals surface area contributed by atoms with Gasteiger partial charge in [0.1, 0.15) is 36.2 Å². The Morgan fingerprint density at radius 2 is 1.15 bits per heavy atom. The number of hydrogen-bond donors (Lipinski definition) is 0. The molecule has 2 heterocycles. The van der Waals surface area contributed by atoms with E-state index < -0.39 is 5.79 Å². The Labute approximate surface area is 198 Å². The minimum Gasteiger partial charge on any atom is -0.489 e. The third kappa shape index (κ3) is 4.23. The summed E-state index contributed by atoms with van der Waals surface area (Å²) in [5.74, 6) is 2.75. The van der Waals surface area contributed by atoms with Crippen LogP contribution in [0.2, 0.25) is 0 Å². The monoisotopic (exact) mass is 448 g/mol. The summed E-state index contributed by atoms with van der Waals surface area (Å²) in [7, 11) is 0. The van der Waals surface area contributed by atoms with Crippen LogP contribution in [0.5, 0.6) is 23.0 Å². The molecule has 176 valence electrons. The summed E-state index contributed by atoms with van der Waals surface area (Å²) in [4.78, 5) is 0. The maximum atomic E-state index is 6.72. The van der Waals surface area contributed by atoms with Gasteiger partial charge in [-0.25, -0.2) is 0 Å². The molecule has 33 heavy (non-hydrogen) atoms. The van der Waals surface area contributed by atoms with Crippen molar-refractivity contribution in [3.8, 4) is 23.0 Å². The minimum absolute atomic E-state index is 0.150. The van der Waals surface area contributed by atoms with Gasteiger partial charge in [0.2, 0.25) is 0 Å². The molecule has 2 aromatic carbocycles. The lowest BCUT2D eigenvalue weighted by Crippen LogP contribution is -2.55. The highest BCUT2D eigenvalue weighted by molar-refractivity contribution is 5.53. The average Bonchev–Trinajstić information content (AvgIpc) is 2.70. The fraction of sp³-hybridized carbons (Fsp3) is 0.448. The van der Waals surface area contributed by atoms with Crippen LogP contribution in [0.1, 0.15) is 62.8 Å². The van der Waals surface area contributed by atoms with Crippen molar-refractivity contribution in [2.75, 3.05) is 13.2 Å². The summed E-state index contributed by atoms with van der Waals surface area (Å²) in [6.45, 7) is 21.6. The topological polar surface area (TPSA) is 36.9 Å². The first-order valence-corrected chi connectivity index (χ1v) is 11.7. The maximum absolute atomic E-state index is 6.72. The number of aryl methyl sites for hydroxylation is 2. The van der Waals surface area contributed by atoms with Crippen molar-refractivity contribution in [3.05, 3.63) is 71.8 Å². The molecule has 1 spiro atoms. The van der Waals surface area contributed by atoms with Crippen LogP contribution in [0.3, 0.4) is 0 Å². The summed E-state index contributed by atoms with van der Waals surface area (Å²) >= 11 is 0. The lowest BCUT2D eigenvalue weighted by Gasteiger charge is -2.51. The number of ether oxygens (including phenoxy) is 4. The predicted octanol–water partition coefficient (Wildman–Crippen LogP) is 6.95.